The summed E-state index contributed by atoms with van der Waals surface area (Å²) in [5.41, 5.74) is 0.752. The van der Waals surface area contributed by atoms with Crippen molar-refractivity contribution >= 4 is 39.7 Å². The Balaban J connectivity index is 2.10. The van der Waals surface area contributed by atoms with Crippen molar-refractivity contribution in [1.82, 2.24) is 0 Å². The van der Waals surface area contributed by atoms with Crippen molar-refractivity contribution in [3.05, 3.63) is 81.4 Å². The summed E-state index contributed by atoms with van der Waals surface area (Å²) in [4.78, 5) is 25.8. The third kappa shape index (κ3) is 3.85. The SMILES string of the molecule is CCC(CC)N(C(=O)c1ccc(Cl)c([N+](=O)[O-])c1)c1ccc2ccccc2c1. The van der Waals surface area contributed by atoms with Crippen molar-refractivity contribution in [3.8, 4) is 0 Å². The zero-order valence-corrected chi connectivity index (χ0v) is 16.5. The first kappa shape index (κ1) is 19.8. The topological polar surface area (TPSA) is 63.5 Å². The van der Waals surface area contributed by atoms with Gasteiger partial charge in [0.15, 0.2) is 0 Å². The summed E-state index contributed by atoms with van der Waals surface area (Å²) in [6, 6.07) is 18.0. The zero-order chi connectivity index (χ0) is 20.3. The number of fused-ring (bicyclic) bond motifs is 1. The Hall–Kier alpha value is -2.92. The Morgan fingerprint density at radius 3 is 2.36 bits per heavy atom. The van der Waals surface area contributed by atoms with Crippen LogP contribution in [0.3, 0.4) is 0 Å². The zero-order valence-electron chi connectivity index (χ0n) is 15.8. The second-order valence-electron chi connectivity index (χ2n) is 6.60. The van der Waals surface area contributed by atoms with Crippen LogP contribution in [-0.4, -0.2) is 16.9 Å². The van der Waals surface area contributed by atoms with Crippen molar-refractivity contribution in [2.24, 2.45) is 0 Å². The summed E-state index contributed by atoms with van der Waals surface area (Å²) in [5, 5.41) is 13.4. The van der Waals surface area contributed by atoms with Crippen molar-refractivity contribution in [1.29, 1.82) is 0 Å². The largest absolute Gasteiger partial charge is 0.305 e. The first-order chi connectivity index (χ1) is 13.5. The molecule has 0 fully saturated rings. The molecule has 0 heterocycles. The summed E-state index contributed by atoms with van der Waals surface area (Å²) in [7, 11) is 0. The number of hydrogen-bond donors (Lipinski definition) is 0. The lowest BCUT2D eigenvalue weighted by Gasteiger charge is -2.31. The maximum Gasteiger partial charge on any atom is 0.288 e. The van der Waals surface area contributed by atoms with E-state index in [1.54, 1.807) is 4.90 Å². The number of benzene rings is 3. The Labute approximate surface area is 168 Å². The van der Waals surface area contributed by atoms with Gasteiger partial charge in [0.1, 0.15) is 5.02 Å². The molecule has 3 aromatic rings. The lowest BCUT2D eigenvalue weighted by atomic mass is 10.0. The summed E-state index contributed by atoms with van der Waals surface area (Å²) in [5.74, 6) is -0.274. The van der Waals surface area contributed by atoms with E-state index in [9.17, 15) is 14.9 Å². The van der Waals surface area contributed by atoms with Gasteiger partial charge in [-0.05, 0) is 47.9 Å². The molecule has 144 valence electrons. The Morgan fingerprint density at radius 2 is 1.71 bits per heavy atom. The first-order valence-corrected chi connectivity index (χ1v) is 9.60. The number of anilines is 1. The highest BCUT2D eigenvalue weighted by Crippen LogP contribution is 2.30. The molecule has 0 aliphatic rings. The lowest BCUT2D eigenvalue weighted by Crippen LogP contribution is -2.40. The molecular weight excluding hydrogens is 376 g/mol. The number of nitro benzene ring substituents is 1. The van der Waals surface area contributed by atoms with Crippen LogP contribution < -0.4 is 4.90 Å². The number of carbonyl (C=O) groups is 1. The van der Waals surface area contributed by atoms with Gasteiger partial charge < -0.3 is 4.90 Å². The fourth-order valence-corrected chi connectivity index (χ4v) is 3.59. The quantitative estimate of drug-likeness (QED) is 0.366. The minimum absolute atomic E-state index is 0.0151. The number of nitro groups is 1. The van der Waals surface area contributed by atoms with E-state index in [4.69, 9.17) is 11.6 Å². The molecule has 0 saturated carbocycles. The van der Waals surface area contributed by atoms with E-state index in [1.807, 2.05) is 56.3 Å². The molecule has 0 unspecified atom stereocenters. The van der Waals surface area contributed by atoms with Gasteiger partial charge in [-0.3, -0.25) is 14.9 Å². The molecule has 6 heteroatoms. The fourth-order valence-electron chi connectivity index (χ4n) is 3.40. The van der Waals surface area contributed by atoms with Crippen LogP contribution >= 0.6 is 11.6 Å². The predicted octanol–water partition coefficient (Wildman–Crippen LogP) is 6.24. The monoisotopic (exact) mass is 396 g/mol. The van der Waals surface area contributed by atoms with Crippen LogP contribution in [0, 0.1) is 10.1 Å². The smallest absolute Gasteiger partial charge is 0.288 e. The van der Waals surface area contributed by atoms with E-state index in [1.165, 1.54) is 18.2 Å². The second kappa shape index (κ2) is 8.40. The maximum atomic E-state index is 13.4. The van der Waals surface area contributed by atoms with Gasteiger partial charge in [0.2, 0.25) is 0 Å². The van der Waals surface area contributed by atoms with Crippen LogP contribution in [0.2, 0.25) is 5.02 Å². The van der Waals surface area contributed by atoms with Gasteiger partial charge in [0.25, 0.3) is 11.6 Å². The van der Waals surface area contributed by atoms with Gasteiger partial charge in [-0.25, -0.2) is 0 Å². The van der Waals surface area contributed by atoms with Crippen molar-refractivity contribution in [2.75, 3.05) is 4.90 Å². The van der Waals surface area contributed by atoms with E-state index in [2.05, 4.69) is 0 Å². The van der Waals surface area contributed by atoms with E-state index < -0.39 is 4.92 Å². The normalized spacial score (nSPS) is 11.0. The summed E-state index contributed by atoms with van der Waals surface area (Å²) >= 11 is 5.91. The molecule has 1 amide bonds. The highest BCUT2D eigenvalue weighted by Gasteiger charge is 2.26. The fraction of sp³-hybridized carbons (Fsp3) is 0.227. The summed E-state index contributed by atoms with van der Waals surface area (Å²) in [6.07, 6.45) is 1.54. The van der Waals surface area contributed by atoms with Crippen LogP contribution in [0.25, 0.3) is 10.8 Å². The number of nitrogens with zero attached hydrogens (tertiary/aromatic N) is 2. The molecule has 0 bridgehead atoms. The Morgan fingerprint density at radius 1 is 1.04 bits per heavy atom. The van der Waals surface area contributed by atoms with E-state index in [0.29, 0.717) is 0 Å². The lowest BCUT2D eigenvalue weighted by molar-refractivity contribution is -0.384. The number of hydrogen-bond acceptors (Lipinski definition) is 3. The minimum atomic E-state index is -0.573. The molecule has 0 spiro atoms. The van der Waals surface area contributed by atoms with Gasteiger partial charge in [-0.1, -0.05) is 55.8 Å². The standard InChI is InChI=1S/C22H21ClN2O3/c1-3-18(4-2)24(19-11-9-15-7-5-6-8-16(15)13-19)22(26)17-10-12-20(23)21(14-17)25(27)28/h5-14,18H,3-4H2,1-2H3. The van der Waals surface area contributed by atoms with E-state index >= 15 is 0 Å². The Bertz CT molecular complexity index is 1030. The third-order valence-electron chi connectivity index (χ3n) is 4.93. The number of rotatable bonds is 6. The van der Waals surface area contributed by atoms with Crippen molar-refractivity contribution < 1.29 is 9.72 Å². The average Bonchev–Trinajstić information content (AvgIpc) is 2.71. The maximum absolute atomic E-state index is 13.4. The molecule has 3 aromatic carbocycles. The van der Waals surface area contributed by atoms with Crippen molar-refractivity contribution in [2.45, 2.75) is 32.7 Å². The molecule has 5 nitrogen and oxygen atoms in total. The van der Waals surface area contributed by atoms with Crippen LogP contribution in [0.4, 0.5) is 11.4 Å². The predicted molar refractivity (Wildman–Crippen MR) is 113 cm³/mol. The highest BCUT2D eigenvalue weighted by atomic mass is 35.5. The van der Waals surface area contributed by atoms with Gasteiger partial charge in [0.05, 0.1) is 4.92 Å². The molecule has 28 heavy (non-hydrogen) atoms. The Kier molecular flexibility index (Phi) is 5.95. The number of amides is 1. The van der Waals surface area contributed by atoms with Crippen LogP contribution in [0.5, 0.6) is 0 Å². The number of carbonyl (C=O) groups excluding carboxylic acids is 1. The third-order valence-corrected chi connectivity index (χ3v) is 5.25. The molecule has 0 radical (unpaired) electrons. The molecule has 0 atom stereocenters. The van der Waals surface area contributed by atoms with Crippen LogP contribution in [0.15, 0.2) is 60.7 Å². The summed E-state index contributed by atoms with van der Waals surface area (Å²) in [6.45, 7) is 4.06. The van der Waals surface area contributed by atoms with Crippen molar-refractivity contribution in [3.63, 3.8) is 0 Å². The molecule has 0 N–H and O–H groups in total. The van der Waals surface area contributed by atoms with Gasteiger partial charge in [-0.15, -0.1) is 0 Å². The van der Waals surface area contributed by atoms with E-state index in [0.717, 1.165) is 29.3 Å². The van der Waals surface area contributed by atoms with Crippen LogP contribution in [0.1, 0.15) is 37.0 Å². The van der Waals surface area contributed by atoms with Gasteiger partial charge in [-0.2, -0.15) is 0 Å². The molecular formula is C22H21ClN2O3. The minimum Gasteiger partial charge on any atom is -0.305 e. The van der Waals surface area contributed by atoms with Crippen LogP contribution in [-0.2, 0) is 0 Å². The van der Waals surface area contributed by atoms with Gasteiger partial charge in [0, 0.05) is 23.4 Å². The molecule has 0 aliphatic heterocycles. The van der Waals surface area contributed by atoms with Gasteiger partial charge >= 0.3 is 0 Å². The second-order valence-corrected chi connectivity index (χ2v) is 7.01. The molecule has 0 aliphatic carbocycles. The summed E-state index contributed by atoms with van der Waals surface area (Å²) < 4.78 is 0. The highest BCUT2D eigenvalue weighted by molar-refractivity contribution is 6.32. The van der Waals surface area contributed by atoms with E-state index in [-0.39, 0.29) is 28.2 Å². The molecule has 0 aromatic heterocycles. The number of halogens is 1. The average molecular weight is 397 g/mol. The molecule has 3 rings (SSSR count). The first-order valence-electron chi connectivity index (χ1n) is 9.22. The molecule has 0 saturated heterocycles.